The first-order valence-corrected chi connectivity index (χ1v) is 7.27. The van der Waals surface area contributed by atoms with Crippen LogP contribution in [0, 0.1) is 13.8 Å². The standard InChI is InChI=1S/C14H25N5O/c1-10-14(11(2)18(3)17-10)16-13(20)9-19-7-5-4-6-12(19)8-15/h12H,4-9,15H2,1-3H3,(H,16,20). The van der Waals surface area contributed by atoms with Gasteiger partial charge < -0.3 is 11.1 Å². The minimum Gasteiger partial charge on any atom is -0.329 e. The molecule has 0 aromatic carbocycles. The molecule has 3 N–H and O–H groups in total. The largest absolute Gasteiger partial charge is 0.329 e. The zero-order chi connectivity index (χ0) is 14.7. The molecule has 2 heterocycles. The monoisotopic (exact) mass is 279 g/mol. The van der Waals surface area contributed by atoms with Crippen LogP contribution in [0.1, 0.15) is 30.7 Å². The highest BCUT2D eigenvalue weighted by molar-refractivity contribution is 5.93. The summed E-state index contributed by atoms with van der Waals surface area (Å²) >= 11 is 0. The third-order valence-electron chi connectivity index (χ3n) is 4.14. The Morgan fingerprint density at radius 1 is 1.45 bits per heavy atom. The number of aromatic nitrogens is 2. The van der Waals surface area contributed by atoms with Crippen molar-refractivity contribution in [3.8, 4) is 0 Å². The van der Waals surface area contributed by atoms with Crippen molar-refractivity contribution in [1.82, 2.24) is 14.7 Å². The van der Waals surface area contributed by atoms with Gasteiger partial charge in [0.1, 0.15) is 0 Å². The third-order valence-corrected chi connectivity index (χ3v) is 4.14. The lowest BCUT2D eigenvalue weighted by Crippen LogP contribution is -2.47. The number of nitrogens with two attached hydrogens (primary N) is 1. The van der Waals surface area contributed by atoms with Crippen molar-refractivity contribution in [3.63, 3.8) is 0 Å². The van der Waals surface area contributed by atoms with Gasteiger partial charge in [-0.2, -0.15) is 5.10 Å². The molecule has 1 fully saturated rings. The van der Waals surface area contributed by atoms with Crippen LogP contribution in [0.3, 0.4) is 0 Å². The first kappa shape index (κ1) is 15.0. The van der Waals surface area contributed by atoms with Crippen LogP contribution in [-0.2, 0) is 11.8 Å². The van der Waals surface area contributed by atoms with Crippen LogP contribution in [0.5, 0.6) is 0 Å². The first-order chi connectivity index (χ1) is 9.52. The molecule has 1 aromatic rings. The van der Waals surface area contributed by atoms with Crippen LogP contribution in [0.25, 0.3) is 0 Å². The second kappa shape index (κ2) is 6.37. The molecule has 20 heavy (non-hydrogen) atoms. The summed E-state index contributed by atoms with van der Waals surface area (Å²) < 4.78 is 1.79. The number of nitrogens with one attached hydrogen (secondary N) is 1. The summed E-state index contributed by atoms with van der Waals surface area (Å²) in [5.41, 5.74) is 8.45. The fraction of sp³-hybridized carbons (Fsp3) is 0.714. The topological polar surface area (TPSA) is 76.2 Å². The van der Waals surface area contributed by atoms with Gasteiger partial charge in [-0.05, 0) is 33.2 Å². The lowest BCUT2D eigenvalue weighted by atomic mass is 10.0. The van der Waals surface area contributed by atoms with Gasteiger partial charge in [0, 0.05) is 19.6 Å². The number of anilines is 1. The van der Waals surface area contributed by atoms with Crippen molar-refractivity contribution in [3.05, 3.63) is 11.4 Å². The summed E-state index contributed by atoms with van der Waals surface area (Å²) in [7, 11) is 1.88. The Hall–Kier alpha value is -1.40. The van der Waals surface area contributed by atoms with E-state index in [0.29, 0.717) is 19.1 Å². The maximum absolute atomic E-state index is 12.2. The number of carbonyl (C=O) groups excluding carboxylic acids is 1. The van der Waals surface area contributed by atoms with Crippen molar-refractivity contribution < 1.29 is 4.79 Å². The minimum atomic E-state index is 0.0181. The molecule has 0 radical (unpaired) electrons. The van der Waals surface area contributed by atoms with Crippen molar-refractivity contribution in [2.45, 2.75) is 39.2 Å². The molecule has 6 heteroatoms. The average Bonchev–Trinajstić information content (AvgIpc) is 2.66. The van der Waals surface area contributed by atoms with E-state index in [2.05, 4.69) is 15.3 Å². The lowest BCUT2D eigenvalue weighted by Gasteiger charge is -2.34. The van der Waals surface area contributed by atoms with Gasteiger partial charge in [0.15, 0.2) is 0 Å². The van der Waals surface area contributed by atoms with Gasteiger partial charge in [0.25, 0.3) is 0 Å². The Kier molecular flexibility index (Phi) is 4.77. The molecule has 0 aliphatic carbocycles. The fourth-order valence-corrected chi connectivity index (χ4v) is 2.85. The molecule has 1 aliphatic heterocycles. The number of rotatable bonds is 4. The van der Waals surface area contributed by atoms with Gasteiger partial charge in [-0.25, -0.2) is 0 Å². The number of hydrogen-bond donors (Lipinski definition) is 2. The molecule has 1 amide bonds. The van der Waals surface area contributed by atoms with Gasteiger partial charge in [-0.1, -0.05) is 6.42 Å². The fourth-order valence-electron chi connectivity index (χ4n) is 2.85. The lowest BCUT2D eigenvalue weighted by molar-refractivity contribution is -0.118. The third kappa shape index (κ3) is 3.19. The zero-order valence-corrected chi connectivity index (χ0v) is 12.6. The van der Waals surface area contributed by atoms with Gasteiger partial charge in [0.05, 0.1) is 23.6 Å². The maximum Gasteiger partial charge on any atom is 0.238 e. The number of carbonyl (C=O) groups is 1. The Bertz CT molecular complexity index is 482. The second-order valence-corrected chi connectivity index (χ2v) is 5.57. The minimum absolute atomic E-state index is 0.0181. The summed E-state index contributed by atoms with van der Waals surface area (Å²) in [6.45, 7) is 5.86. The summed E-state index contributed by atoms with van der Waals surface area (Å²) in [5.74, 6) is 0.0181. The molecule has 1 aromatic heterocycles. The van der Waals surface area contributed by atoms with E-state index in [1.54, 1.807) is 4.68 Å². The smallest absolute Gasteiger partial charge is 0.238 e. The SMILES string of the molecule is Cc1nn(C)c(C)c1NC(=O)CN1CCCCC1CN. The Balaban J connectivity index is 1.98. The van der Waals surface area contributed by atoms with E-state index < -0.39 is 0 Å². The molecule has 2 rings (SSSR count). The van der Waals surface area contributed by atoms with Crippen LogP contribution in [0.2, 0.25) is 0 Å². The Morgan fingerprint density at radius 2 is 2.20 bits per heavy atom. The normalized spacial score (nSPS) is 20.1. The predicted molar refractivity (Wildman–Crippen MR) is 79.6 cm³/mol. The average molecular weight is 279 g/mol. The molecule has 1 saturated heterocycles. The summed E-state index contributed by atoms with van der Waals surface area (Å²) in [5, 5.41) is 7.30. The number of piperidine rings is 1. The van der Waals surface area contributed by atoms with Crippen molar-refractivity contribution in [2.24, 2.45) is 12.8 Å². The van der Waals surface area contributed by atoms with E-state index in [9.17, 15) is 4.79 Å². The molecule has 1 atom stereocenters. The molecule has 0 spiro atoms. The Labute approximate surface area is 120 Å². The molecule has 1 aliphatic rings. The molecular formula is C14H25N5O. The second-order valence-electron chi connectivity index (χ2n) is 5.57. The number of likely N-dealkylation sites (tertiary alicyclic amines) is 1. The first-order valence-electron chi connectivity index (χ1n) is 7.27. The molecule has 0 bridgehead atoms. The van der Waals surface area contributed by atoms with Crippen LogP contribution in [0.4, 0.5) is 5.69 Å². The predicted octanol–water partition coefficient (Wildman–Crippen LogP) is 0.789. The molecule has 112 valence electrons. The van der Waals surface area contributed by atoms with E-state index >= 15 is 0 Å². The summed E-state index contributed by atoms with van der Waals surface area (Å²) in [4.78, 5) is 14.4. The van der Waals surface area contributed by atoms with Crippen LogP contribution >= 0.6 is 0 Å². The van der Waals surface area contributed by atoms with E-state index in [0.717, 1.165) is 36.5 Å². The summed E-state index contributed by atoms with van der Waals surface area (Å²) in [6, 6.07) is 0.339. The van der Waals surface area contributed by atoms with Crippen molar-refractivity contribution in [1.29, 1.82) is 0 Å². The van der Waals surface area contributed by atoms with Gasteiger partial charge >= 0.3 is 0 Å². The quantitative estimate of drug-likeness (QED) is 0.854. The van der Waals surface area contributed by atoms with E-state index in [1.165, 1.54) is 6.42 Å². The van der Waals surface area contributed by atoms with Crippen LogP contribution in [0.15, 0.2) is 0 Å². The molecule has 0 saturated carbocycles. The zero-order valence-electron chi connectivity index (χ0n) is 12.6. The highest BCUT2D eigenvalue weighted by atomic mass is 16.2. The van der Waals surface area contributed by atoms with E-state index in [1.807, 2.05) is 20.9 Å². The maximum atomic E-state index is 12.2. The number of nitrogens with zero attached hydrogens (tertiary/aromatic N) is 3. The molecule has 6 nitrogen and oxygen atoms in total. The summed E-state index contributed by atoms with van der Waals surface area (Å²) in [6.07, 6.45) is 3.45. The van der Waals surface area contributed by atoms with Gasteiger partial charge in [-0.15, -0.1) is 0 Å². The highest BCUT2D eigenvalue weighted by Crippen LogP contribution is 2.19. The van der Waals surface area contributed by atoms with E-state index in [-0.39, 0.29) is 5.91 Å². The van der Waals surface area contributed by atoms with Crippen molar-refractivity contribution in [2.75, 3.05) is 25.0 Å². The number of aryl methyl sites for hydroxylation is 2. The number of amides is 1. The van der Waals surface area contributed by atoms with Gasteiger partial charge in [-0.3, -0.25) is 14.4 Å². The molecule has 1 unspecified atom stereocenters. The van der Waals surface area contributed by atoms with Crippen LogP contribution < -0.4 is 11.1 Å². The van der Waals surface area contributed by atoms with E-state index in [4.69, 9.17) is 5.73 Å². The van der Waals surface area contributed by atoms with Crippen molar-refractivity contribution >= 4 is 11.6 Å². The molecular weight excluding hydrogens is 254 g/mol. The van der Waals surface area contributed by atoms with Gasteiger partial charge in [0.2, 0.25) is 5.91 Å². The Morgan fingerprint density at radius 3 is 2.80 bits per heavy atom. The number of hydrogen-bond acceptors (Lipinski definition) is 4. The highest BCUT2D eigenvalue weighted by Gasteiger charge is 2.23. The van der Waals surface area contributed by atoms with Crippen LogP contribution in [-0.4, -0.2) is 46.3 Å².